The van der Waals surface area contributed by atoms with Crippen molar-refractivity contribution in [3.63, 3.8) is 0 Å². The number of amides is 1. The Morgan fingerprint density at radius 3 is 2.47 bits per heavy atom. The van der Waals surface area contributed by atoms with Crippen molar-refractivity contribution in [2.45, 2.75) is 57.9 Å². The normalized spacial score (nSPS) is 13.7. The van der Waals surface area contributed by atoms with Crippen molar-refractivity contribution in [2.75, 3.05) is 33.5 Å². The number of aromatic nitrogens is 1. The number of methoxy groups -OCH3 is 1. The van der Waals surface area contributed by atoms with E-state index in [9.17, 15) is 4.79 Å². The highest BCUT2D eigenvalue weighted by atomic mass is 16.5. The predicted molar refractivity (Wildman–Crippen MR) is 151 cm³/mol. The van der Waals surface area contributed by atoms with Gasteiger partial charge in [0.15, 0.2) is 11.5 Å². The van der Waals surface area contributed by atoms with Crippen LogP contribution < -0.4 is 9.47 Å². The lowest BCUT2D eigenvalue weighted by Gasteiger charge is -2.27. The third-order valence-corrected chi connectivity index (χ3v) is 7.12. The molecular weight excluding hydrogens is 474 g/mol. The molecule has 0 radical (unpaired) electrons. The second kappa shape index (κ2) is 15.1. The number of ether oxygens (including phenoxy) is 2. The molecule has 4 rings (SSSR count). The van der Waals surface area contributed by atoms with Crippen molar-refractivity contribution in [3.05, 3.63) is 89.7 Å². The van der Waals surface area contributed by atoms with Crippen LogP contribution in [0, 0.1) is 0 Å². The van der Waals surface area contributed by atoms with Gasteiger partial charge in [-0.1, -0.05) is 48.9 Å². The number of aryl methyl sites for hydroxylation is 1. The van der Waals surface area contributed by atoms with Gasteiger partial charge >= 0.3 is 0 Å². The van der Waals surface area contributed by atoms with Crippen LogP contribution in [-0.2, 0) is 24.2 Å². The van der Waals surface area contributed by atoms with Gasteiger partial charge in [-0.15, -0.1) is 0 Å². The Hall–Kier alpha value is -3.38. The highest BCUT2D eigenvalue weighted by Gasteiger charge is 2.17. The van der Waals surface area contributed by atoms with E-state index in [1.165, 1.54) is 24.8 Å². The monoisotopic (exact) mass is 515 g/mol. The van der Waals surface area contributed by atoms with Crippen molar-refractivity contribution in [2.24, 2.45) is 0 Å². The zero-order valence-corrected chi connectivity index (χ0v) is 22.7. The summed E-state index contributed by atoms with van der Waals surface area (Å²) in [6.07, 6.45) is 9.71. The van der Waals surface area contributed by atoms with Crippen LogP contribution in [0.25, 0.3) is 0 Å². The molecule has 2 heterocycles. The topological polar surface area (TPSA) is 54.9 Å². The molecule has 0 unspecified atom stereocenters. The number of benzene rings is 2. The van der Waals surface area contributed by atoms with Gasteiger partial charge in [-0.3, -0.25) is 14.7 Å². The van der Waals surface area contributed by atoms with Crippen LogP contribution in [0.2, 0.25) is 0 Å². The van der Waals surface area contributed by atoms with Gasteiger partial charge in [0.25, 0.3) is 0 Å². The number of pyridine rings is 1. The van der Waals surface area contributed by atoms with E-state index in [1.807, 2.05) is 47.4 Å². The largest absolute Gasteiger partial charge is 0.493 e. The fourth-order valence-electron chi connectivity index (χ4n) is 4.89. The number of piperidine rings is 1. The summed E-state index contributed by atoms with van der Waals surface area (Å²) in [6, 6.07) is 22.4. The van der Waals surface area contributed by atoms with Gasteiger partial charge in [0.05, 0.1) is 7.11 Å². The van der Waals surface area contributed by atoms with Crippen LogP contribution >= 0.6 is 0 Å². The summed E-state index contributed by atoms with van der Waals surface area (Å²) in [6.45, 7) is 3.91. The quantitative estimate of drug-likeness (QED) is 0.250. The molecule has 1 aliphatic heterocycles. The van der Waals surface area contributed by atoms with Gasteiger partial charge in [0.2, 0.25) is 5.91 Å². The van der Waals surface area contributed by atoms with Crippen LogP contribution in [0.4, 0.5) is 0 Å². The molecule has 0 spiro atoms. The Kier molecular flexibility index (Phi) is 11.0. The van der Waals surface area contributed by atoms with E-state index < -0.39 is 0 Å². The summed E-state index contributed by atoms with van der Waals surface area (Å²) in [5.41, 5.74) is 3.35. The first kappa shape index (κ1) is 27.6. The molecule has 0 bridgehead atoms. The number of rotatable bonds is 14. The van der Waals surface area contributed by atoms with E-state index in [-0.39, 0.29) is 5.91 Å². The maximum atomic E-state index is 13.3. The molecule has 2 aromatic carbocycles. The molecular formula is C32H41N3O3. The van der Waals surface area contributed by atoms with E-state index >= 15 is 0 Å². The number of likely N-dealkylation sites (tertiary alicyclic amines) is 1. The van der Waals surface area contributed by atoms with Gasteiger partial charge in [-0.25, -0.2) is 0 Å². The Balaban J connectivity index is 1.36. The predicted octanol–water partition coefficient (Wildman–Crippen LogP) is 5.90. The van der Waals surface area contributed by atoms with Gasteiger partial charge in [0.1, 0.15) is 6.73 Å². The van der Waals surface area contributed by atoms with Gasteiger partial charge in [-0.05, 0) is 67.5 Å². The number of unbranched alkanes of at least 4 members (excludes halogenated alkanes) is 1. The maximum Gasteiger partial charge on any atom is 0.222 e. The molecule has 1 aliphatic rings. The third-order valence-electron chi connectivity index (χ3n) is 7.12. The minimum atomic E-state index is 0.179. The highest BCUT2D eigenvalue weighted by Crippen LogP contribution is 2.29. The Morgan fingerprint density at radius 2 is 1.71 bits per heavy atom. The number of carbonyl (C=O) groups is 1. The van der Waals surface area contributed by atoms with Crippen molar-refractivity contribution in [1.82, 2.24) is 14.8 Å². The minimum absolute atomic E-state index is 0.179. The molecule has 6 nitrogen and oxygen atoms in total. The summed E-state index contributed by atoms with van der Waals surface area (Å²) in [5.74, 6) is 1.63. The Labute approximate surface area is 227 Å². The molecule has 38 heavy (non-hydrogen) atoms. The number of hydrogen-bond acceptors (Lipinski definition) is 5. The van der Waals surface area contributed by atoms with Crippen LogP contribution in [0.5, 0.6) is 11.5 Å². The molecule has 3 aromatic rings. The lowest BCUT2D eigenvalue weighted by Crippen LogP contribution is -2.33. The number of hydrogen-bond donors (Lipinski definition) is 0. The van der Waals surface area contributed by atoms with Crippen LogP contribution in [0.15, 0.2) is 72.9 Å². The van der Waals surface area contributed by atoms with Crippen LogP contribution in [-0.4, -0.2) is 54.2 Å². The molecule has 0 N–H and O–H groups in total. The molecule has 1 aromatic heterocycles. The maximum absolute atomic E-state index is 13.3. The summed E-state index contributed by atoms with van der Waals surface area (Å²) >= 11 is 0. The lowest BCUT2D eigenvalue weighted by molar-refractivity contribution is -0.131. The van der Waals surface area contributed by atoms with Crippen molar-refractivity contribution in [3.8, 4) is 11.5 Å². The summed E-state index contributed by atoms with van der Waals surface area (Å²) in [5, 5.41) is 0. The van der Waals surface area contributed by atoms with Gasteiger partial charge in [0, 0.05) is 50.9 Å². The Morgan fingerprint density at radius 1 is 0.895 bits per heavy atom. The first-order valence-electron chi connectivity index (χ1n) is 13.9. The standard InChI is InChI=1S/C32H41N3O3/c1-37-31-24-28(17-18-30(31)38-26-34-21-10-3-11-22-34)25-35(23-19-29-15-8-9-20-33-29)32(36)16-7-6-14-27-12-4-2-5-13-27/h2,4-5,8-9,12-13,15,17-18,20,24H,3,6-7,10-11,14,16,19,21-23,25-26H2,1H3. The van der Waals surface area contributed by atoms with Crippen molar-refractivity contribution >= 4 is 5.91 Å². The zero-order chi connectivity index (χ0) is 26.4. The molecule has 0 aliphatic carbocycles. The fourth-order valence-corrected chi connectivity index (χ4v) is 4.89. The van der Waals surface area contributed by atoms with Crippen LogP contribution in [0.1, 0.15) is 55.3 Å². The second-order valence-electron chi connectivity index (χ2n) is 10.0. The molecule has 202 valence electrons. The van der Waals surface area contributed by atoms with E-state index in [4.69, 9.17) is 9.47 Å². The fraction of sp³-hybridized carbons (Fsp3) is 0.438. The molecule has 0 atom stereocenters. The highest BCUT2D eigenvalue weighted by molar-refractivity contribution is 5.76. The molecule has 6 heteroatoms. The summed E-state index contributed by atoms with van der Waals surface area (Å²) in [7, 11) is 1.67. The number of nitrogens with zero attached hydrogens (tertiary/aromatic N) is 3. The van der Waals surface area contributed by atoms with Crippen LogP contribution in [0.3, 0.4) is 0 Å². The molecule has 1 amide bonds. The first-order valence-corrected chi connectivity index (χ1v) is 13.9. The SMILES string of the molecule is COc1cc(CN(CCc2ccccn2)C(=O)CCCCc2ccccc2)ccc1OCN1CCCCC1. The Bertz CT molecular complexity index is 1100. The van der Waals surface area contributed by atoms with E-state index in [0.29, 0.717) is 32.0 Å². The summed E-state index contributed by atoms with van der Waals surface area (Å²) in [4.78, 5) is 22.1. The zero-order valence-electron chi connectivity index (χ0n) is 22.7. The average molecular weight is 516 g/mol. The lowest BCUT2D eigenvalue weighted by atomic mass is 10.1. The second-order valence-corrected chi connectivity index (χ2v) is 10.0. The van der Waals surface area contributed by atoms with E-state index in [0.717, 1.165) is 55.8 Å². The molecule has 1 saturated heterocycles. The van der Waals surface area contributed by atoms with E-state index in [1.54, 1.807) is 13.3 Å². The van der Waals surface area contributed by atoms with Gasteiger partial charge < -0.3 is 14.4 Å². The molecule has 0 saturated carbocycles. The summed E-state index contributed by atoms with van der Waals surface area (Å²) < 4.78 is 11.8. The average Bonchev–Trinajstić information content (AvgIpc) is 2.98. The van der Waals surface area contributed by atoms with Gasteiger partial charge in [-0.2, -0.15) is 0 Å². The number of carbonyl (C=O) groups excluding carboxylic acids is 1. The minimum Gasteiger partial charge on any atom is -0.493 e. The van der Waals surface area contributed by atoms with E-state index in [2.05, 4.69) is 34.1 Å². The molecule has 1 fully saturated rings. The third kappa shape index (κ3) is 8.88. The first-order chi connectivity index (χ1) is 18.7. The smallest absolute Gasteiger partial charge is 0.222 e. The van der Waals surface area contributed by atoms with Crippen molar-refractivity contribution < 1.29 is 14.3 Å². The van der Waals surface area contributed by atoms with Crippen molar-refractivity contribution in [1.29, 1.82) is 0 Å².